The van der Waals surface area contributed by atoms with E-state index in [4.69, 9.17) is 0 Å². The van der Waals surface area contributed by atoms with E-state index in [0.717, 1.165) is 38.6 Å². The van der Waals surface area contributed by atoms with Crippen molar-refractivity contribution >= 4 is 131 Å². The highest BCUT2D eigenvalue weighted by Gasteiger charge is 2.48. The summed E-state index contributed by atoms with van der Waals surface area (Å²) in [5.41, 5.74) is 27.2. The van der Waals surface area contributed by atoms with E-state index < -0.39 is 10.8 Å². The van der Waals surface area contributed by atoms with E-state index in [2.05, 4.69) is 490 Å². The Kier molecular flexibility index (Phi) is 18.4. The van der Waals surface area contributed by atoms with Crippen LogP contribution in [0, 0.1) is 0 Å². The SMILES string of the molecule is Brc1ccc2c(c1)c1ccccc1n2-c1ccccc1.C.c1ccc(-n2c3ccccc3c3cc(N(c4ccc5c(c4)C(c4ccccc4)(c4ccccc4)c4cc6ccccc6cc4-5)c4ccc5ccccc5c4)ccc32)cc1.c1ccc(C2(c3ccccc3)c3cc(Nc4ccc5ccccc5c4)ccc3-c3cc4ccccc4cc32)cc1. The van der Waals surface area contributed by atoms with Gasteiger partial charge in [-0.15, -0.1) is 0 Å². The predicted molar refractivity (Wildman–Crippen MR) is 511 cm³/mol. The molecule has 0 amide bonds. The summed E-state index contributed by atoms with van der Waals surface area (Å²) in [5, 5.41) is 18.7. The maximum absolute atomic E-state index is 3.73. The van der Waals surface area contributed by atoms with Crippen molar-refractivity contribution in [2.24, 2.45) is 0 Å². The Hall–Kier alpha value is -14.9. The fraction of sp³-hybridized carbons (Fsp3) is 0.0261. The number of nitrogens with zero attached hydrogens (tertiary/aromatic N) is 3. The summed E-state index contributed by atoms with van der Waals surface area (Å²) in [6, 6.07) is 168. The third-order valence-corrected chi connectivity index (χ3v) is 25.2. The molecule has 0 fully saturated rings. The molecule has 24 rings (SSSR count). The monoisotopic (exact) mass is 1600 g/mol. The summed E-state index contributed by atoms with van der Waals surface area (Å²) in [6.07, 6.45) is 0. The van der Waals surface area contributed by atoms with Gasteiger partial charge in [0.2, 0.25) is 0 Å². The van der Waals surface area contributed by atoms with Gasteiger partial charge in [0.1, 0.15) is 0 Å². The Morgan fingerprint density at radius 2 is 0.533 bits per heavy atom. The smallest absolute Gasteiger partial charge is 0.0714 e. The standard InChI is InChI=1S/C57H38N2.C39H27N.C18H12BrN.CH4/c1-4-20-43(21-5-1)57(44-22-6-2-7-23-44)53-36-42-19-13-12-18-41(42)35-51(53)49-32-30-48(38-54(49)57)58(46-29-28-39-16-10-11-17-40(39)34-46)47-31-33-56-52(37-47)50-26-14-15-27-55(50)59(56)45-24-8-3-9-25-45;1-3-15-31(16-4-1)39(32-17-5-2-6-18-32)37-25-30-14-10-9-13-29(30)24-36(37)35-22-21-34(26-38(35)39)40-33-20-19-27-11-7-8-12-28(27)23-33;19-13-10-11-18-16(12-13)15-8-4-5-9-17(15)20(18)14-6-2-1-3-7-14;/h1-38H;1-26,40H;1-12H;1H4. The van der Waals surface area contributed by atoms with E-state index in [0.29, 0.717) is 0 Å². The average molecular weight is 1600 g/mol. The quantitative estimate of drug-likeness (QED) is 0.140. The Labute approximate surface area is 707 Å². The molecule has 0 saturated carbocycles. The second-order valence-corrected chi connectivity index (χ2v) is 32.2. The van der Waals surface area contributed by atoms with Gasteiger partial charge in [-0.25, -0.2) is 0 Å². The number of halogens is 1. The van der Waals surface area contributed by atoms with Crippen LogP contribution in [-0.2, 0) is 10.8 Å². The summed E-state index contributed by atoms with van der Waals surface area (Å²) >= 11 is 3.57. The van der Waals surface area contributed by atoms with Crippen LogP contribution in [-0.4, -0.2) is 9.13 Å². The summed E-state index contributed by atoms with van der Waals surface area (Å²) < 4.78 is 5.82. The van der Waals surface area contributed by atoms with Crippen LogP contribution >= 0.6 is 15.9 Å². The minimum absolute atomic E-state index is 0. The van der Waals surface area contributed by atoms with Crippen molar-refractivity contribution in [2.45, 2.75) is 18.3 Å². The predicted octanol–water partition coefficient (Wildman–Crippen LogP) is 31.2. The van der Waals surface area contributed by atoms with Crippen molar-refractivity contribution in [2.75, 3.05) is 10.2 Å². The van der Waals surface area contributed by atoms with Crippen LogP contribution in [0.15, 0.2) is 466 Å². The molecule has 4 nitrogen and oxygen atoms in total. The maximum atomic E-state index is 3.73. The molecule has 2 aliphatic carbocycles. The first-order valence-electron chi connectivity index (χ1n) is 40.9. The largest absolute Gasteiger partial charge is 0.355 e. The zero-order valence-electron chi connectivity index (χ0n) is 65.1. The lowest BCUT2D eigenvalue weighted by Crippen LogP contribution is -2.28. The number of benzene rings is 20. The topological polar surface area (TPSA) is 25.1 Å². The Morgan fingerprint density at radius 1 is 0.217 bits per heavy atom. The Balaban J connectivity index is 0.000000125. The van der Waals surface area contributed by atoms with E-state index in [-0.39, 0.29) is 7.43 Å². The molecule has 0 spiro atoms. The number of aromatic nitrogens is 2. The number of hydrogen-bond donors (Lipinski definition) is 1. The van der Waals surface area contributed by atoms with Gasteiger partial charge >= 0.3 is 0 Å². The number of para-hydroxylation sites is 4. The van der Waals surface area contributed by atoms with Crippen LogP contribution in [0.2, 0.25) is 0 Å². The normalized spacial score (nSPS) is 12.6. The molecule has 0 bridgehead atoms. The van der Waals surface area contributed by atoms with Gasteiger partial charge in [0.25, 0.3) is 0 Å². The lowest BCUT2D eigenvalue weighted by Gasteiger charge is -2.35. The highest BCUT2D eigenvalue weighted by Crippen LogP contribution is 2.60. The first-order chi connectivity index (χ1) is 58.9. The molecule has 0 atom stereocenters. The second kappa shape index (κ2) is 30.3. The third kappa shape index (κ3) is 12.2. The maximum Gasteiger partial charge on any atom is 0.0714 e. The van der Waals surface area contributed by atoms with Crippen LogP contribution in [0.5, 0.6) is 0 Å². The van der Waals surface area contributed by atoms with Crippen molar-refractivity contribution in [3.05, 3.63) is 510 Å². The van der Waals surface area contributed by atoms with E-state index in [1.54, 1.807) is 0 Å². The van der Waals surface area contributed by atoms with E-state index in [9.17, 15) is 0 Å². The van der Waals surface area contributed by atoms with Crippen molar-refractivity contribution < 1.29 is 0 Å². The molecule has 2 heterocycles. The molecule has 2 aromatic heterocycles. The zero-order chi connectivity index (χ0) is 79.0. The van der Waals surface area contributed by atoms with Gasteiger partial charge in [-0.05, 0) is 255 Å². The fourth-order valence-corrected chi connectivity index (χ4v) is 19.9. The molecule has 2 aliphatic rings. The van der Waals surface area contributed by atoms with Gasteiger partial charge in [0, 0.05) is 65.8 Å². The highest BCUT2D eigenvalue weighted by atomic mass is 79.9. The summed E-state index contributed by atoms with van der Waals surface area (Å²) in [4.78, 5) is 2.46. The summed E-state index contributed by atoms with van der Waals surface area (Å²) in [7, 11) is 0. The summed E-state index contributed by atoms with van der Waals surface area (Å²) in [6.45, 7) is 0. The minimum Gasteiger partial charge on any atom is -0.355 e. The lowest BCUT2D eigenvalue weighted by atomic mass is 9.67. The van der Waals surface area contributed by atoms with Crippen molar-refractivity contribution in [1.82, 2.24) is 9.13 Å². The molecular formula is C115H81BrN4. The Bertz CT molecular complexity index is 7570. The molecule has 0 radical (unpaired) electrons. The van der Waals surface area contributed by atoms with Gasteiger partial charge in [-0.3, -0.25) is 0 Å². The second-order valence-electron chi connectivity index (χ2n) is 31.2. The van der Waals surface area contributed by atoms with Gasteiger partial charge in [0.15, 0.2) is 0 Å². The van der Waals surface area contributed by atoms with Crippen LogP contribution in [0.25, 0.3) is 120 Å². The minimum atomic E-state index is -0.546. The lowest BCUT2D eigenvalue weighted by molar-refractivity contribution is 0.769. The van der Waals surface area contributed by atoms with Crippen molar-refractivity contribution in [3.63, 3.8) is 0 Å². The first-order valence-corrected chi connectivity index (χ1v) is 41.7. The highest BCUT2D eigenvalue weighted by molar-refractivity contribution is 9.10. The van der Waals surface area contributed by atoms with Gasteiger partial charge in [0.05, 0.1) is 32.9 Å². The van der Waals surface area contributed by atoms with E-state index in [1.165, 1.54) is 159 Å². The molecule has 0 unspecified atom stereocenters. The molecule has 20 aromatic carbocycles. The third-order valence-electron chi connectivity index (χ3n) is 24.7. The molecule has 5 heteroatoms. The van der Waals surface area contributed by atoms with Crippen LogP contribution < -0.4 is 10.2 Å². The van der Waals surface area contributed by atoms with Crippen molar-refractivity contribution in [3.8, 4) is 33.6 Å². The van der Waals surface area contributed by atoms with E-state index >= 15 is 0 Å². The fourth-order valence-electron chi connectivity index (χ4n) is 19.5. The Morgan fingerprint density at radius 3 is 1.02 bits per heavy atom. The average Bonchev–Trinajstić information content (AvgIpc) is 1.53. The van der Waals surface area contributed by atoms with Crippen LogP contribution in [0.1, 0.15) is 51.9 Å². The number of fused-ring (bicyclic) bond motifs is 16. The molecule has 0 aliphatic heterocycles. The van der Waals surface area contributed by atoms with Gasteiger partial charge in [-0.1, -0.05) is 339 Å². The van der Waals surface area contributed by atoms with Gasteiger partial charge in [-0.2, -0.15) is 0 Å². The van der Waals surface area contributed by atoms with Gasteiger partial charge < -0.3 is 19.4 Å². The van der Waals surface area contributed by atoms with Crippen LogP contribution in [0.3, 0.4) is 0 Å². The summed E-state index contributed by atoms with van der Waals surface area (Å²) in [5.74, 6) is 0. The molecule has 0 saturated heterocycles. The number of anilines is 5. The number of nitrogens with one attached hydrogen (secondary N) is 1. The number of hydrogen-bond acceptors (Lipinski definition) is 2. The number of rotatable bonds is 11. The zero-order valence-corrected chi connectivity index (χ0v) is 66.7. The molecule has 568 valence electrons. The molecule has 1 N–H and O–H groups in total. The molecule has 120 heavy (non-hydrogen) atoms. The molecular weight excluding hydrogens is 1520 g/mol. The van der Waals surface area contributed by atoms with E-state index in [1.807, 2.05) is 6.07 Å². The molecule has 22 aromatic rings. The first kappa shape index (κ1) is 72.8. The van der Waals surface area contributed by atoms with Crippen molar-refractivity contribution in [1.29, 1.82) is 0 Å². The van der Waals surface area contributed by atoms with Crippen LogP contribution in [0.4, 0.5) is 28.4 Å².